The lowest BCUT2D eigenvalue weighted by Gasteiger charge is -2.43. The lowest BCUT2D eigenvalue weighted by Crippen LogP contribution is -2.58. The molecular formula is C32H35ClF3N5O3. The zero-order valence-corrected chi connectivity index (χ0v) is 25.6. The van der Waals surface area contributed by atoms with Gasteiger partial charge < -0.3 is 24.8 Å². The van der Waals surface area contributed by atoms with Crippen LogP contribution in [0.5, 0.6) is 5.88 Å². The van der Waals surface area contributed by atoms with Crippen molar-refractivity contribution in [2.75, 3.05) is 51.3 Å². The van der Waals surface area contributed by atoms with Crippen LogP contribution in [0.2, 0.25) is 5.02 Å². The van der Waals surface area contributed by atoms with E-state index in [1.54, 1.807) is 6.20 Å². The number of amides is 2. The van der Waals surface area contributed by atoms with Crippen molar-refractivity contribution in [1.82, 2.24) is 20.1 Å². The highest BCUT2D eigenvalue weighted by atomic mass is 35.5. The topological polar surface area (TPSA) is 78.0 Å². The van der Waals surface area contributed by atoms with E-state index in [0.717, 1.165) is 36.3 Å². The third-order valence-corrected chi connectivity index (χ3v) is 8.31. The normalized spacial score (nSPS) is 17.8. The number of nitrogens with one attached hydrogen (secondary N) is 1. The maximum absolute atomic E-state index is 13.8. The molecule has 0 bridgehead atoms. The second-order valence-electron chi connectivity index (χ2n) is 11.1. The fourth-order valence-corrected chi connectivity index (χ4v) is 6.04. The van der Waals surface area contributed by atoms with Gasteiger partial charge in [0.1, 0.15) is 0 Å². The van der Waals surface area contributed by atoms with Gasteiger partial charge in [0.15, 0.2) is 0 Å². The Bertz CT molecular complexity index is 1530. The molecule has 0 saturated carbocycles. The van der Waals surface area contributed by atoms with Crippen molar-refractivity contribution < 1.29 is 27.5 Å². The molecule has 0 radical (unpaired) electrons. The molecule has 1 N–H and O–H groups in total. The number of alkyl halides is 3. The second-order valence-corrected chi connectivity index (χ2v) is 11.5. The van der Waals surface area contributed by atoms with Gasteiger partial charge in [0.05, 0.1) is 29.3 Å². The van der Waals surface area contributed by atoms with Crippen LogP contribution in [0.15, 0.2) is 54.7 Å². The van der Waals surface area contributed by atoms with Crippen LogP contribution in [0.1, 0.15) is 46.5 Å². The van der Waals surface area contributed by atoms with E-state index < -0.39 is 23.2 Å². The number of aromatic nitrogens is 1. The molecular weight excluding hydrogens is 595 g/mol. The van der Waals surface area contributed by atoms with Gasteiger partial charge in [-0.1, -0.05) is 24.6 Å². The summed E-state index contributed by atoms with van der Waals surface area (Å²) in [4.78, 5) is 37.1. The SMILES string of the molecule is CCOc1ncccc1-c1ccc(N2CCN(C(=O)c3ccc(Cl)cc3C(F)(F)F)C[C@H]2CC)c(C(=O)NC2CN(C)C2)c1. The Kier molecular flexibility index (Phi) is 9.36. The largest absolute Gasteiger partial charge is 0.478 e. The zero-order valence-electron chi connectivity index (χ0n) is 24.8. The fourth-order valence-electron chi connectivity index (χ4n) is 5.87. The summed E-state index contributed by atoms with van der Waals surface area (Å²) >= 11 is 5.84. The Morgan fingerprint density at radius 1 is 1.05 bits per heavy atom. The number of likely N-dealkylation sites (N-methyl/N-ethyl adjacent to an activating group) is 1. The van der Waals surface area contributed by atoms with Crippen LogP contribution in [-0.2, 0) is 6.18 Å². The number of hydrogen-bond donors (Lipinski definition) is 1. The van der Waals surface area contributed by atoms with Crippen LogP contribution in [0.25, 0.3) is 11.1 Å². The Balaban J connectivity index is 1.46. The number of ether oxygens (including phenoxy) is 1. The minimum Gasteiger partial charge on any atom is -0.478 e. The molecule has 2 amide bonds. The number of halogens is 4. The average molecular weight is 630 g/mol. The van der Waals surface area contributed by atoms with Crippen molar-refractivity contribution in [3.63, 3.8) is 0 Å². The minimum absolute atomic E-state index is 0.0278. The molecule has 2 fully saturated rings. The third-order valence-electron chi connectivity index (χ3n) is 8.07. The zero-order chi connectivity index (χ0) is 31.6. The lowest BCUT2D eigenvalue weighted by atomic mass is 9.98. The van der Waals surface area contributed by atoms with Gasteiger partial charge in [-0.3, -0.25) is 9.59 Å². The predicted octanol–water partition coefficient (Wildman–Crippen LogP) is 5.60. The summed E-state index contributed by atoms with van der Waals surface area (Å²) in [6.07, 6.45) is -2.47. The molecule has 8 nitrogen and oxygen atoms in total. The molecule has 234 valence electrons. The molecule has 2 saturated heterocycles. The van der Waals surface area contributed by atoms with Gasteiger partial charge in [-0.25, -0.2) is 4.98 Å². The first-order valence-corrected chi connectivity index (χ1v) is 15.0. The molecule has 0 aliphatic carbocycles. The molecule has 1 aromatic heterocycles. The minimum atomic E-state index is -4.72. The van der Waals surface area contributed by atoms with Gasteiger partial charge in [0.2, 0.25) is 5.88 Å². The van der Waals surface area contributed by atoms with E-state index in [0.29, 0.717) is 36.7 Å². The quantitative estimate of drug-likeness (QED) is 0.349. The number of nitrogens with zero attached hydrogens (tertiary/aromatic N) is 4. The molecule has 2 aromatic carbocycles. The molecule has 0 unspecified atom stereocenters. The number of likely N-dealkylation sites (tertiary alicyclic amines) is 1. The van der Waals surface area contributed by atoms with Crippen LogP contribution in [0.3, 0.4) is 0 Å². The Morgan fingerprint density at radius 3 is 2.50 bits per heavy atom. The van der Waals surface area contributed by atoms with E-state index >= 15 is 0 Å². The molecule has 0 spiro atoms. The number of piperazine rings is 1. The third kappa shape index (κ3) is 6.63. The number of anilines is 1. The van der Waals surface area contributed by atoms with E-state index in [9.17, 15) is 22.8 Å². The maximum atomic E-state index is 13.8. The first-order chi connectivity index (χ1) is 21.0. The molecule has 3 aromatic rings. The highest BCUT2D eigenvalue weighted by Gasteiger charge is 2.38. The summed E-state index contributed by atoms with van der Waals surface area (Å²) < 4.78 is 47.1. The van der Waals surface area contributed by atoms with Crippen LogP contribution in [-0.4, -0.2) is 85.1 Å². The Labute approximate surface area is 259 Å². The number of carbonyl (C=O) groups excluding carboxylic acids is 2. The van der Waals surface area contributed by atoms with Crippen LogP contribution >= 0.6 is 11.6 Å². The number of pyridine rings is 1. The van der Waals surface area contributed by atoms with E-state index in [1.165, 1.54) is 11.0 Å². The van der Waals surface area contributed by atoms with E-state index in [2.05, 4.69) is 20.1 Å². The standard InChI is InChI=1S/C32H35ClF3N5O3/c1-4-23-19-40(31(43)25-10-9-21(33)16-27(25)32(34,35)36)13-14-41(23)28-11-8-20(24-7-6-12-37-30(24)44-5-2)15-26(28)29(42)38-22-17-39(3)18-22/h6-12,15-16,22-23H,4-5,13-14,17-19H2,1-3H3,(H,38,42)/t23-/m1/s1. The van der Waals surface area contributed by atoms with E-state index in [1.807, 2.05) is 51.2 Å². The van der Waals surface area contributed by atoms with Gasteiger partial charge in [-0.15, -0.1) is 0 Å². The molecule has 2 aliphatic rings. The molecule has 1 atom stereocenters. The summed E-state index contributed by atoms with van der Waals surface area (Å²) in [7, 11) is 1.99. The number of rotatable bonds is 8. The smallest absolute Gasteiger partial charge is 0.417 e. The maximum Gasteiger partial charge on any atom is 0.417 e. The molecule has 2 aliphatic heterocycles. The summed E-state index contributed by atoms with van der Waals surface area (Å²) in [5.41, 5.74) is 1.21. The average Bonchev–Trinajstić information content (AvgIpc) is 2.99. The summed E-state index contributed by atoms with van der Waals surface area (Å²) in [5, 5.41) is 3.04. The van der Waals surface area contributed by atoms with E-state index in [-0.39, 0.29) is 36.1 Å². The summed E-state index contributed by atoms with van der Waals surface area (Å²) in [6.45, 7) is 6.49. The lowest BCUT2D eigenvalue weighted by molar-refractivity contribution is -0.138. The summed E-state index contributed by atoms with van der Waals surface area (Å²) in [6, 6.07) is 12.3. The first-order valence-electron chi connectivity index (χ1n) is 14.6. The monoisotopic (exact) mass is 629 g/mol. The van der Waals surface area contributed by atoms with E-state index in [4.69, 9.17) is 16.3 Å². The first kappa shape index (κ1) is 31.6. The van der Waals surface area contributed by atoms with Crippen LogP contribution < -0.4 is 15.0 Å². The molecule has 3 heterocycles. The molecule has 44 heavy (non-hydrogen) atoms. The highest BCUT2D eigenvalue weighted by molar-refractivity contribution is 6.30. The van der Waals surface area contributed by atoms with Gasteiger partial charge >= 0.3 is 6.18 Å². The predicted molar refractivity (Wildman–Crippen MR) is 163 cm³/mol. The molecule has 5 rings (SSSR count). The number of carbonyl (C=O) groups is 2. The Morgan fingerprint density at radius 2 is 1.82 bits per heavy atom. The van der Waals surface area contributed by atoms with Crippen molar-refractivity contribution in [2.24, 2.45) is 0 Å². The van der Waals surface area contributed by atoms with Gasteiger partial charge in [0, 0.05) is 61.2 Å². The fraction of sp³-hybridized carbons (Fsp3) is 0.406. The second kappa shape index (κ2) is 13.0. The summed E-state index contributed by atoms with van der Waals surface area (Å²) in [5.74, 6) is -0.450. The van der Waals surface area contributed by atoms with Crippen molar-refractivity contribution in [1.29, 1.82) is 0 Å². The van der Waals surface area contributed by atoms with Gasteiger partial charge in [-0.2, -0.15) is 13.2 Å². The van der Waals surface area contributed by atoms with Crippen molar-refractivity contribution in [2.45, 2.75) is 38.5 Å². The number of hydrogen-bond acceptors (Lipinski definition) is 6. The highest BCUT2D eigenvalue weighted by Crippen LogP contribution is 2.36. The molecule has 12 heteroatoms. The number of benzene rings is 2. The van der Waals surface area contributed by atoms with Crippen LogP contribution in [0.4, 0.5) is 18.9 Å². The Hall–Kier alpha value is -3.83. The van der Waals surface area contributed by atoms with Gasteiger partial charge in [-0.05, 0) is 68.4 Å². The van der Waals surface area contributed by atoms with Gasteiger partial charge in [0.25, 0.3) is 11.8 Å². The van der Waals surface area contributed by atoms with Crippen molar-refractivity contribution >= 4 is 29.1 Å². The van der Waals surface area contributed by atoms with Crippen molar-refractivity contribution in [3.8, 4) is 17.0 Å². The van der Waals surface area contributed by atoms with Crippen molar-refractivity contribution in [3.05, 3.63) is 76.4 Å². The van der Waals surface area contributed by atoms with Crippen LogP contribution in [0, 0.1) is 0 Å².